The van der Waals surface area contributed by atoms with Crippen molar-refractivity contribution in [1.82, 2.24) is 15.2 Å². The first kappa shape index (κ1) is 12.4. The summed E-state index contributed by atoms with van der Waals surface area (Å²) in [6.07, 6.45) is 0. The predicted octanol–water partition coefficient (Wildman–Crippen LogP) is 0.860. The Hall–Kier alpha value is -0.650. The minimum Gasteiger partial charge on any atom is -0.350 e. The fraction of sp³-hybridized carbons (Fsp3) is 0.700. The van der Waals surface area contributed by atoms with Crippen LogP contribution in [0, 0.1) is 0 Å². The summed E-state index contributed by atoms with van der Waals surface area (Å²) in [5.74, 6) is 0. The topological polar surface area (TPSA) is 31.4 Å². The molecule has 1 aromatic heterocycles. The molecule has 86 valence electrons. The number of hydrogen-bond donors (Lipinski definition) is 1. The van der Waals surface area contributed by atoms with Crippen molar-refractivity contribution in [3.8, 4) is 0 Å². The number of nitrogens with zero attached hydrogens (tertiary/aromatic N) is 3. The van der Waals surface area contributed by atoms with Crippen LogP contribution in [0.4, 0.5) is 5.13 Å². The molecule has 0 unspecified atom stereocenters. The number of aromatic nitrogens is 1. The molecule has 1 N–H and O–H groups in total. The van der Waals surface area contributed by atoms with E-state index in [0.29, 0.717) is 0 Å². The molecular weight excluding hydrogens is 208 g/mol. The Balaban J connectivity index is 2.46. The van der Waals surface area contributed by atoms with Gasteiger partial charge in [-0.3, -0.25) is 0 Å². The summed E-state index contributed by atoms with van der Waals surface area (Å²) in [5.41, 5.74) is 1.12. The molecule has 0 atom stereocenters. The Morgan fingerprint density at radius 2 is 2.07 bits per heavy atom. The van der Waals surface area contributed by atoms with E-state index >= 15 is 0 Å². The van der Waals surface area contributed by atoms with Crippen LogP contribution in [0.3, 0.4) is 0 Å². The average Bonchev–Trinajstić information content (AvgIpc) is 2.63. The van der Waals surface area contributed by atoms with E-state index in [2.05, 4.69) is 46.6 Å². The van der Waals surface area contributed by atoms with Gasteiger partial charge in [-0.1, -0.05) is 0 Å². The third-order valence-corrected chi connectivity index (χ3v) is 3.11. The van der Waals surface area contributed by atoms with E-state index in [-0.39, 0.29) is 0 Å². The molecule has 1 heterocycles. The van der Waals surface area contributed by atoms with Gasteiger partial charge in [0.25, 0.3) is 0 Å². The first-order chi connectivity index (χ1) is 7.13. The molecule has 1 rings (SSSR count). The zero-order valence-electron chi connectivity index (χ0n) is 9.95. The summed E-state index contributed by atoms with van der Waals surface area (Å²) >= 11 is 1.71. The van der Waals surface area contributed by atoms with Gasteiger partial charge in [-0.15, -0.1) is 11.3 Å². The third kappa shape index (κ3) is 4.15. The van der Waals surface area contributed by atoms with E-state index in [1.165, 1.54) is 0 Å². The molecule has 0 aliphatic carbocycles. The molecule has 0 spiro atoms. The first-order valence-electron chi connectivity index (χ1n) is 5.08. The maximum absolute atomic E-state index is 4.54. The summed E-state index contributed by atoms with van der Waals surface area (Å²) < 4.78 is 0. The van der Waals surface area contributed by atoms with Crippen LogP contribution in [-0.2, 0) is 6.54 Å². The van der Waals surface area contributed by atoms with Crippen LogP contribution in [0.5, 0.6) is 0 Å². The lowest BCUT2D eigenvalue weighted by Crippen LogP contribution is -2.28. The Kier molecular flexibility index (Phi) is 5.01. The van der Waals surface area contributed by atoms with E-state index in [4.69, 9.17) is 0 Å². The number of thiazole rings is 1. The van der Waals surface area contributed by atoms with Gasteiger partial charge in [0.2, 0.25) is 0 Å². The minimum absolute atomic E-state index is 0.845. The van der Waals surface area contributed by atoms with Crippen molar-refractivity contribution in [1.29, 1.82) is 0 Å². The Labute approximate surface area is 95.9 Å². The highest BCUT2D eigenvalue weighted by Crippen LogP contribution is 2.18. The molecule has 0 fully saturated rings. The SMILES string of the molecule is CNCc1csc(N(C)CCN(C)C)n1. The van der Waals surface area contributed by atoms with Crippen molar-refractivity contribution in [2.75, 3.05) is 46.2 Å². The van der Waals surface area contributed by atoms with Crippen LogP contribution < -0.4 is 10.2 Å². The van der Waals surface area contributed by atoms with Crippen molar-refractivity contribution >= 4 is 16.5 Å². The van der Waals surface area contributed by atoms with Gasteiger partial charge in [0.15, 0.2) is 5.13 Å². The molecular formula is C10H20N4S. The van der Waals surface area contributed by atoms with Crippen LogP contribution in [0.2, 0.25) is 0 Å². The van der Waals surface area contributed by atoms with E-state index < -0.39 is 0 Å². The molecule has 0 bridgehead atoms. The van der Waals surface area contributed by atoms with Crippen molar-refractivity contribution in [2.24, 2.45) is 0 Å². The third-order valence-electron chi connectivity index (χ3n) is 2.11. The van der Waals surface area contributed by atoms with Gasteiger partial charge < -0.3 is 15.1 Å². The number of hydrogen-bond acceptors (Lipinski definition) is 5. The lowest BCUT2D eigenvalue weighted by atomic mass is 10.5. The molecule has 0 aliphatic heterocycles. The molecule has 5 heteroatoms. The van der Waals surface area contributed by atoms with Crippen LogP contribution >= 0.6 is 11.3 Å². The molecule has 0 saturated heterocycles. The lowest BCUT2D eigenvalue weighted by Gasteiger charge is -2.18. The Morgan fingerprint density at radius 3 is 2.67 bits per heavy atom. The minimum atomic E-state index is 0.845. The Morgan fingerprint density at radius 1 is 1.33 bits per heavy atom. The highest BCUT2D eigenvalue weighted by Gasteiger charge is 2.06. The summed E-state index contributed by atoms with van der Waals surface area (Å²) in [7, 11) is 8.20. The van der Waals surface area contributed by atoms with Crippen molar-refractivity contribution < 1.29 is 0 Å². The van der Waals surface area contributed by atoms with Gasteiger partial charge in [-0.25, -0.2) is 4.98 Å². The van der Waals surface area contributed by atoms with Gasteiger partial charge in [0.1, 0.15) is 0 Å². The Bertz CT molecular complexity index is 285. The zero-order chi connectivity index (χ0) is 11.3. The monoisotopic (exact) mass is 228 g/mol. The zero-order valence-corrected chi connectivity index (χ0v) is 10.8. The first-order valence-corrected chi connectivity index (χ1v) is 5.96. The fourth-order valence-corrected chi connectivity index (χ4v) is 2.00. The quantitative estimate of drug-likeness (QED) is 0.782. The molecule has 15 heavy (non-hydrogen) atoms. The summed E-state index contributed by atoms with van der Waals surface area (Å²) in [6.45, 7) is 2.91. The van der Waals surface area contributed by atoms with Crippen molar-refractivity contribution in [2.45, 2.75) is 6.54 Å². The normalized spacial score (nSPS) is 11.0. The van der Waals surface area contributed by atoms with Crippen molar-refractivity contribution in [3.63, 3.8) is 0 Å². The lowest BCUT2D eigenvalue weighted by molar-refractivity contribution is 0.416. The molecule has 0 amide bonds. The van der Waals surface area contributed by atoms with E-state index in [1.54, 1.807) is 11.3 Å². The largest absolute Gasteiger partial charge is 0.350 e. The molecule has 0 aliphatic rings. The molecule has 0 aromatic carbocycles. The van der Waals surface area contributed by atoms with Gasteiger partial charge in [0, 0.05) is 32.1 Å². The highest BCUT2D eigenvalue weighted by atomic mass is 32.1. The van der Waals surface area contributed by atoms with Crippen LogP contribution in [-0.4, -0.2) is 51.2 Å². The number of nitrogens with one attached hydrogen (secondary N) is 1. The van der Waals surface area contributed by atoms with Crippen molar-refractivity contribution in [3.05, 3.63) is 11.1 Å². The average molecular weight is 228 g/mol. The summed E-state index contributed by atoms with van der Waals surface area (Å²) in [4.78, 5) is 8.92. The standard InChI is InChI=1S/C10H20N4S/c1-11-7-9-8-15-10(12-9)14(4)6-5-13(2)3/h8,11H,5-7H2,1-4H3. The summed E-state index contributed by atoms with van der Waals surface area (Å²) in [5, 5.41) is 6.31. The molecule has 0 saturated carbocycles. The van der Waals surface area contributed by atoms with E-state index in [1.807, 2.05) is 7.05 Å². The van der Waals surface area contributed by atoms with Gasteiger partial charge >= 0.3 is 0 Å². The van der Waals surface area contributed by atoms with Gasteiger partial charge in [-0.2, -0.15) is 0 Å². The second kappa shape index (κ2) is 6.05. The van der Waals surface area contributed by atoms with Crippen LogP contribution in [0.15, 0.2) is 5.38 Å². The van der Waals surface area contributed by atoms with E-state index in [9.17, 15) is 0 Å². The number of likely N-dealkylation sites (N-methyl/N-ethyl adjacent to an activating group) is 2. The number of rotatable bonds is 6. The van der Waals surface area contributed by atoms with Crippen LogP contribution in [0.25, 0.3) is 0 Å². The van der Waals surface area contributed by atoms with E-state index in [0.717, 1.165) is 30.5 Å². The second-order valence-corrected chi connectivity index (χ2v) is 4.71. The molecule has 1 aromatic rings. The van der Waals surface area contributed by atoms with Crippen LogP contribution in [0.1, 0.15) is 5.69 Å². The second-order valence-electron chi connectivity index (χ2n) is 3.88. The highest BCUT2D eigenvalue weighted by molar-refractivity contribution is 7.13. The molecule has 4 nitrogen and oxygen atoms in total. The summed E-state index contributed by atoms with van der Waals surface area (Å²) in [6, 6.07) is 0. The smallest absolute Gasteiger partial charge is 0.185 e. The van der Waals surface area contributed by atoms with Gasteiger partial charge in [0.05, 0.1) is 5.69 Å². The number of anilines is 1. The molecule has 0 radical (unpaired) electrons. The predicted molar refractivity (Wildman–Crippen MR) is 66.7 cm³/mol. The fourth-order valence-electron chi connectivity index (χ4n) is 1.18. The maximum Gasteiger partial charge on any atom is 0.185 e. The maximum atomic E-state index is 4.54. The van der Waals surface area contributed by atoms with Gasteiger partial charge in [-0.05, 0) is 21.1 Å².